The van der Waals surface area contributed by atoms with Crippen molar-refractivity contribution in [3.05, 3.63) is 21.9 Å². The van der Waals surface area contributed by atoms with Crippen LogP contribution in [0.25, 0.3) is 0 Å². The Kier molecular flexibility index (Phi) is 8.20. The van der Waals surface area contributed by atoms with Gasteiger partial charge >= 0.3 is 0 Å². The number of methoxy groups -OCH3 is 1. The first kappa shape index (κ1) is 15.6. The predicted molar refractivity (Wildman–Crippen MR) is 74.1 cm³/mol. The fourth-order valence-electron chi connectivity index (χ4n) is 1.61. The second kappa shape index (κ2) is 9.47. The third-order valence-electron chi connectivity index (χ3n) is 2.63. The van der Waals surface area contributed by atoms with Crippen molar-refractivity contribution in [3.8, 4) is 0 Å². The molecule has 5 heteroatoms. The predicted octanol–water partition coefficient (Wildman–Crippen LogP) is 1.42. The number of hydrogen-bond donors (Lipinski definition) is 2. The van der Waals surface area contributed by atoms with Crippen LogP contribution in [-0.4, -0.2) is 44.7 Å². The lowest BCUT2D eigenvalue weighted by Crippen LogP contribution is -2.30. The third kappa shape index (κ3) is 5.93. The summed E-state index contributed by atoms with van der Waals surface area (Å²) in [4.78, 5) is 1.35. The molecule has 0 aliphatic rings. The highest BCUT2D eigenvalue weighted by molar-refractivity contribution is 7.10. The quantitative estimate of drug-likeness (QED) is 0.633. The molecule has 1 aromatic rings. The van der Waals surface area contributed by atoms with Crippen LogP contribution in [0.3, 0.4) is 0 Å². The molecular weight excluding hydrogens is 250 g/mol. The van der Waals surface area contributed by atoms with Gasteiger partial charge in [-0.3, -0.25) is 0 Å². The van der Waals surface area contributed by atoms with E-state index < -0.39 is 6.10 Å². The lowest BCUT2D eigenvalue weighted by molar-refractivity contribution is 0.0137. The maximum atomic E-state index is 9.68. The van der Waals surface area contributed by atoms with E-state index in [1.54, 1.807) is 18.4 Å². The van der Waals surface area contributed by atoms with Crippen molar-refractivity contribution < 1.29 is 14.6 Å². The van der Waals surface area contributed by atoms with Crippen LogP contribution in [0.5, 0.6) is 0 Å². The van der Waals surface area contributed by atoms with Crippen LogP contribution in [-0.2, 0) is 22.4 Å². The van der Waals surface area contributed by atoms with Crippen LogP contribution in [0.1, 0.15) is 17.4 Å². The monoisotopic (exact) mass is 273 g/mol. The summed E-state index contributed by atoms with van der Waals surface area (Å²) in [6.07, 6.45) is 0.593. The van der Waals surface area contributed by atoms with Crippen molar-refractivity contribution in [1.29, 1.82) is 0 Å². The summed E-state index contributed by atoms with van der Waals surface area (Å²) in [7, 11) is 1.63. The highest BCUT2D eigenvalue weighted by Crippen LogP contribution is 2.16. The zero-order valence-corrected chi connectivity index (χ0v) is 12.0. The SMILES string of the molecule is CCc1ccsc1CNCC(O)COCCOC. The molecule has 0 saturated carbocycles. The summed E-state index contributed by atoms with van der Waals surface area (Å²) < 4.78 is 10.1. The van der Waals surface area contributed by atoms with Gasteiger partial charge in [-0.1, -0.05) is 6.92 Å². The van der Waals surface area contributed by atoms with Crippen molar-refractivity contribution in [2.45, 2.75) is 26.0 Å². The minimum Gasteiger partial charge on any atom is -0.389 e. The Morgan fingerprint density at radius 3 is 3.00 bits per heavy atom. The van der Waals surface area contributed by atoms with Gasteiger partial charge < -0.3 is 19.9 Å². The van der Waals surface area contributed by atoms with E-state index in [0.717, 1.165) is 13.0 Å². The first-order valence-electron chi connectivity index (χ1n) is 6.28. The van der Waals surface area contributed by atoms with Crippen LogP contribution in [0.15, 0.2) is 11.4 Å². The van der Waals surface area contributed by atoms with Crippen LogP contribution >= 0.6 is 11.3 Å². The summed E-state index contributed by atoms with van der Waals surface area (Å²) in [5.74, 6) is 0. The molecule has 0 saturated heterocycles. The van der Waals surface area contributed by atoms with Gasteiger partial charge in [-0.2, -0.15) is 0 Å². The number of nitrogens with one attached hydrogen (secondary N) is 1. The van der Waals surface area contributed by atoms with E-state index in [2.05, 4.69) is 23.7 Å². The van der Waals surface area contributed by atoms with Gasteiger partial charge in [0.15, 0.2) is 0 Å². The second-order valence-electron chi connectivity index (χ2n) is 4.08. The molecular formula is C13H23NO3S. The molecule has 1 heterocycles. The van der Waals surface area contributed by atoms with E-state index in [-0.39, 0.29) is 0 Å². The van der Waals surface area contributed by atoms with Crippen LogP contribution in [0.4, 0.5) is 0 Å². The summed E-state index contributed by atoms with van der Waals surface area (Å²) in [6.45, 7) is 4.96. The number of rotatable bonds is 10. The van der Waals surface area contributed by atoms with E-state index in [4.69, 9.17) is 9.47 Å². The van der Waals surface area contributed by atoms with Gasteiger partial charge in [-0.15, -0.1) is 11.3 Å². The normalized spacial score (nSPS) is 12.8. The van der Waals surface area contributed by atoms with Crippen LogP contribution < -0.4 is 5.32 Å². The highest BCUT2D eigenvalue weighted by atomic mass is 32.1. The van der Waals surface area contributed by atoms with Gasteiger partial charge in [0.05, 0.1) is 25.9 Å². The molecule has 104 valence electrons. The lowest BCUT2D eigenvalue weighted by atomic mass is 10.2. The van der Waals surface area contributed by atoms with E-state index in [1.807, 2.05) is 0 Å². The average Bonchev–Trinajstić information content (AvgIpc) is 2.82. The molecule has 0 radical (unpaired) electrons. The van der Waals surface area contributed by atoms with Crippen molar-refractivity contribution in [1.82, 2.24) is 5.32 Å². The van der Waals surface area contributed by atoms with E-state index >= 15 is 0 Å². The molecule has 0 amide bonds. The minimum atomic E-state index is -0.466. The smallest absolute Gasteiger partial charge is 0.0897 e. The molecule has 1 rings (SSSR count). The molecule has 18 heavy (non-hydrogen) atoms. The number of aliphatic hydroxyl groups excluding tert-OH is 1. The standard InChI is InChI=1S/C13H23NO3S/c1-3-11-4-7-18-13(11)9-14-8-12(15)10-17-6-5-16-2/h4,7,12,14-15H,3,5-6,8-10H2,1-2H3. The molecule has 1 atom stereocenters. The number of ether oxygens (including phenoxy) is 2. The Balaban J connectivity index is 2.10. The van der Waals surface area contributed by atoms with Crippen molar-refractivity contribution >= 4 is 11.3 Å². The van der Waals surface area contributed by atoms with E-state index in [9.17, 15) is 5.11 Å². The zero-order valence-electron chi connectivity index (χ0n) is 11.1. The van der Waals surface area contributed by atoms with E-state index in [1.165, 1.54) is 10.4 Å². The molecule has 4 nitrogen and oxygen atoms in total. The number of thiophene rings is 1. The molecule has 1 aromatic heterocycles. The largest absolute Gasteiger partial charge is 0.389 e. The number of aryl methyl sites for hydroxylation is 1. The Bertz CT molecular complexity index is 317. The van der Waals surface area contributed by atoms with Crippen molar-refractivity contribution in [3.63, 3.8) is 0 Å². The van der Waals surface area contributed by atoms with Gasteiger partial charge in [-0.25, -0.2) is 0 Å². The first-order valence-corrected chi connectivity index (χ1v) is 7.16. The summed E-state index contributed by atoms with van der Waals surface area (Å²) in [5, 5.41) is 15.0. The molecule has 0 fully saturated rings. The van der Waals surface area contributed by atoms with Gasteiger partial charge in [-0.05, 0) is 23.4 Å². The molecule has 0 aliphatic heterocycles. The molecule has 0 aliphatic carbocycles. The van der Waals surface area contributed by atoms with Crippen molar-refractivity contribution in [2.24, 2.45) is 0 Å². The highest BCUT2D eigenvalue weighted by Gasteiger charge is 2.06. The van der Waals surface area contributed by atoms with E-state index in [0.29, 0.717) is 26.4 Å². The summed E-state index contributed by atoms with van der Waals surface area (Å²) >= 11 is 1.76. The van der Waals surface area contributed by atoms with Crippen LogP contribution in [0, 0.1) is 0 Å². The maximum absolute atomic E-state index is 9.68. The van der Waals surface area contributed by atoms with Crippen molar-refractivity contribution in [2.75, 3.05) is 33.5 Å². The average molecular weight is 273 g/mol. The van der Waals surface area contributed by atoms with Gasteiger partial charge in [0.25, 0.3) is 0 Å². The maximum Gasteiger partial charge on any atom is 0.0897 e. The summed E-state index contributed by atoms with van der Waals surface area (Å²) in [6, 6.07) is 2.16. The van der Waals surface area contributed by atoms with Gasteiger partial charge in [0, 0.05) is 25.1 Å². The topological polar surface area (TPSA) is 50.7 Å². The Hall–Kier alpha value is -0.460. The minimum absolute atomic E-state index is 0.349. The molecule has 0 bridgehead atoms. The summed E-state index contributed by atoms with van der Waals surface area (Å²) in [5.41, 5.74) is 1.39. The lowest BCUT2D eigenvalue weighted by Gasteiger charge is -2.12. The Morgan fingerprint density at radius 2 is 2.28 bits per heavy atom. The Morgan fingerprint density at radius 1 is 1.44 bits per heavy atom. The Labute approximate surface area is 113 Å². The molecule has 0 aromatic carbocycles. The molecule has 1 unspecified atom stereocenters. The van der Waals surface area contributed by atoms with Gasteiger partial charge in [0.2, 0.25) is 0 Å². The fraction of sp³-hybridized carbons (Fsp3) is 0.692. The molecule has 2 N–H and O–H groups in total. The van der Waals surface area contributed by atoms with Crippen LogP contribution in [0.2, 0.25) is 0 Å². The van der Waals surface area contributed by atoms with Gasteiger partial charge in [0.1, 0.15) is 0 Å². The molecule has 0 spiro atoms. The fourth-order valence-corrected chi connectivity index (χ4v) is 2.56. The third-order valence-corrected chi connectivity index (χ3v) is 3.59. The number of aliphatic hydroxyl groups is 1. The second-order valence-corrected chi connectivity index (χ2v) is 5.08. The zero-order chi connectivity index (χ0) is 13.2. The first-order chi connectivity index (χ1) is 8.77. The number of hydrogen-bond acceptors (Lipinski definition) is 5.